The van der Waals surface area contributed by atoms with Gasteiger partial charge < -0.3 is 0 Å². The van der Waals surface area contributed by atoms with Crippen molar-refractivity contribution in [3.05, 3.63) is 24.3 Å². The van der Waals surface area contributed by atoms with E-state index in [1.54, 1.807) is 0 Å². The lowest BCUT2D eigenvalue weighted by molar-refractivity contribution is 0.799. The third kappa shape index (κ3) is 3.09. The fourth-order valence-corrected chi connectivity index (χ4v) is 1.86. The summed E-state index contributed by atoms with van der Waals surface area (Å²) in [5, 5.41) is 0. The zero-order valence-corrected chi connectivity index (χ0v) is 10.5. The topological polar surface area (TPSA) is 12.4 Å². The molecular weight excluding hydrogens is 238 g/mol. The van der Waals surface area contributed by atoms with Crippen molar-refractivity contribution < 1.29 is 0 Å². The molecule has 0 spiro atoms. The molecule has 0 aromatic carbocycles. The second kappa shape index (κ2) is 5.50. The normalized spacial score (nSPS) is 26.9. The number of hydrogen-bond acceptors (Lipinski definition) is 1. The molecule has 0 amide bonds. The highest BCUT2D eigenvalue weighted by atomic mass is 79.9. The highest BCUT2D eigenvalue weighted by Gasteiger charge is 2.26. The summed E-state index contributed by atoms with van der Waals surface area (Å²) in [5.74, 6) is 0. The molecule has 1 rings (SSSR count). The van der Waals surface area contributed by atoms with Crippen molar-refractivity contribution in [2.75, 3.05) is 6.54 Å². The van der Waals surface area contributed by atoms with E-state index in [1.807, 2.05) is 0 Å². The van der Waals surface area contributed by atoms with Crippen LogP contribution in [-0.4, -0.2) is 16.6 Å². The maximum atomic E-state index is 4.59. The molecule has 0 bridgehead atoms. The maximum Gasteiger partial charge on any atom is 0.0847 e. The van der Waals surface area contributed by atoms with E-state index < -0.39 is 0 Å². The molecular formula is C12H18BrN. The van der Waals surface area contributed by atoms with Gasteiger partial charge >= 0.3 is 0 Å². The number of aliphatic imine (C=N–C) groups is 1. The predicted molar refractivity (Wildman–Crippen MR) is 67.4 cm³/mol. The Labute approximate surface area is 95.1 Å². The van der Waals surface area contributed by atoms with Crippen LogP contribution in [0.5, 0.6) is 0 Å². The van der Waals surface area contributed by atoms with E-state index in [2.05, 4.69) is 59.1 Å². The van der Waals surface area contributed by atoms with Crippen molar-refractivity contribution in [1.82, 2.24) is 0 Å². The molecule has 0 heterocycles. The number of unbranched alkanes of at least 4 members (excludes halogenated alkanes) is 1. The second-order valence-corrected chi connectivity index (χ2v) is 5.09. The van der Waals surface area contributed by atoms with Gasteiger partial charge in [-0.25, -0.2) is 0 Å². The van der Waals surface area contributed by atoms with E-state index in [0.29, 0.717) is 0 Å². The molecule has 1 aliphatic rings. The molecule has 0 aromatic rings. The van der Waals surface area contributed by atoms with Gasteiger partial charge in [0.15, 0.2) is 0 Å². The minimum absolute atomic E-state index is 0.0184. The number of alkyl halides is 1. The lowest BCUT2D eigenvalue weighted by atomic mass is 9.96. The van der Waals surface area contributed by atoms with Gasteiger partial charge in [-0.15, -0.1) is 0 Å². The molecule has 2 heteroatoms. The van der Waals surface area contributed by atoms with Crippen LogP contribution in [0.3, 0.4) is 0 Å². The summed E-state index contributed by atoms with van der Waals surface area (Å²) in [5.41, 5.74) is 1.19. The molecule has 1 nitrogen and oxygen atoms in total. The molecule has 1 aliphatic carbocycles. The Balaban J connectivity index is 2.58. The van der Waals surface area contributed by atoms with Crippen LogP contribution in [0.15, 0.2) is 29.3 Å². The van der Waals surface area contributed by atoms with Crippen LogP contribution in [0.2, 0.25) is 0 Å². The number of halogens is 1. The smallest absolute Gasteiger partial charge is 0.0847 e. The van der Waals surface area contributed by atoms with Crippen LogP contribution >= 0.6 is 15.9 Å². The Morgan fingerprint density at radius 3 is 2.86 bits per heavy atom. The van der Waals surface area contributed by atoms with Gasteiger partial charge in [-0.3, -0.25) is 4.99 Å². The van der Waals surface area contributed by atoms with Crippen LogP contribution < -0.4 is 0 Å². The highest BCUT2D eigenvalue weighted by molar-refractivity contribution is 9.10. The van der Waals surface area contributed by atoms with Crippen LogP contribution in [0.1, 0.15) is 33.1 Å². The molecule has 0 fully saturated rings. The first-order valence-corrected chi connectivity index (χ1v) is 6.03. The Kier molecular flexibility index (Phi) is 4.59. The van der Waals surface area contributed by atoms with E-state index in [4.69, 9.17) is 0 Å². The fraction of sp³-hybridized carbons (Fsp3) is 0.583. The van der Waals surface area contributed by atoms with Crippen molar-refractivity contribution in [2.45, 2.75) is 37.4 Å². The quantitative estimate of drug-likeness (QED) is 0.411. The van der Waals surface area contributed by atoms with Gasteiger partial charge in [-0.1, -0.05) is 53.6 Å². The van der Waals surface area contributed by atoms with E-state index in [-0.39, 0.29) is 4.32 Å². The first kappa shape index (κ1) is 11.7. The minimum Gasteiger partial charge on any atom is -0.293 e. The van der Waals surface area contributed by atoms with Gasteiger partial charge in [0.2, 0.25) is 0 Å². The fourth-order valence-electron chi connectivity index (χ4n) is 1.40. The SMILES string of the molecule is CCCC/N=C(/C)C1(Br)C=CC=CC1. The second-order valence-electron chi connectivity index (χ2n) is 3.67. The van der Waals surface area contributed by atoms with Gasteiger partial charge in [-0.2, -0.15) is 0 Å². The lowest BCUT2D eigenvalue weighted by Gasteiger charge is -2.24. The average Bonchev–Trinajstić information content (AvgIpc) is 2.19. The largest absolute Gasteiger partial charge is 0.293 e. The summed E-state index contributed by atoms with van der Waals surface area (Å²) in [7, 11) is 0. The molecule has 14 heavy (non-hydrogen) atoms. The third-order valence-electron chi connectivity index (χ3n) is 2.48. The standard InChI is InChI=1S/C12H18BrN/c1-3-4-10-14-11(2)12(13)8-6-5-7-9-12/h5-8H,3-4,9-10H2,1-2H3/b14-11-. The third-order valence-corrected chi connectivity index (χ3v) is 3.65. The first-order chi connectivity index (χ1) is 6.69. The van der Waals surface area contributed by atoms with Crippen molar-refractivity contribution in [3.63, 3.8) is 0 Å². The Morgan fingerprint density at radius 2 is 2.29 bits per heavy atom. The summed E-state index contributed by atoms with van der Waals surface area (Å²) in [6.45, 7) is 5.25. The van der Waals surface area contributed by atoms with E-state index in [9.17, 15) is 0 Å². The van der Waals surface area contributed by atoms with Crippen molar-refractivity contribution in [3.8, 4) is 0 Å². The lowest BCUT2D eigenvalue weighted by Crippen LogP contribution is -2.28. The summed E-state index contributed by atoms with van der Waals surface area (Å²) < 4.78 is -0.0184. The van der Waals surface area contributed by atoms with Crippen LogP contribution in [0.25, 0.3) is 0 Å². The molecule has 1 unspecified atom stereocenters. The molecule has 0 saturated carbocycles. The Bertz CT molecular complexity index is 265. The van der Waals surface area contributed by atoms with Gasteiger partial charge in [-0.05, 0) is 19.8 Å². The zero-order valence-electron chi connectivity index (χ0n) is 8.96. The van der Waals surface area contributed by atoms with Crippen molar-refractivity contribution >= 4 is 21.6 Å². The van der Waals surface area contributed by atoms with Crippen molar-refractivity contribution in [1.29, 1.82) is 0 Å². The molecule has 0 radical (unpaired) electrons. The monoisotopic (exact) mass is 255 g/mol. The molecule has 0 N–H and O–H groups in total. The van der Waals surface area contributed by atoms with Crippen LogP contribution in [-0.2, 0) is 0 Å². The van der Waals surface area contributed by atoms with Crippen LogP contribution in [0.4, 0.5) is 0 Å². The van der Waals surface area contributed by atoms with Crippen LogP contribution in [0, 0.1) is 0 Å². The maximum absolute atomic E-state index is 4.59. The molecule has 0 aliphatic heterocycles. The average molecular weight is 256 g/mol. The number of nitrogens with zero attached hydrogens (tertiary/aromatic N) is 1. The molecule has 0 aromatic heterocycles. The summed E-state index contributed by atoms with van der Waals surface area (Å²) in [6.07, 6.45) is 11.9. The number of allylic oxidation sites excluding steroid dienone is 4. The van der Waals surface area contributed by atoms with E-state index in [1.165, 1.54) is 18.6 Å². The zero-order chi connectivity index (χ0) is 10.4. The molecule has 0 saturated heterocycles. The van der Waals surface area contributed by atoms with Crippen molar-refractivity contribution in [2.24, 2.45) is 4.99 Å². The van der Waals surface area contributed by atoms with E-state index >= 15 is 0 Å². The van der Waals surface area contributed by atoms with Gasteiger partial charge in [0, 0.05) is 12.3 Å². The predicted octanol–water partition coefficient (Wildman–Crippen LogP) is 3.90. The summed E-state index contributed by atoms with van der Waals surface area (Å²) in [4.78, 5) is 4.59. The van der Waals surface area contributed by atoms with Gasteiger partial charge in [0.1, 0.15) is 0 Å². The first-order valence-electron chi connectivity index (χ1n) is 5.24. The number of rotatable bonds is 4. The minimum atomic E-state index is -0.0184. The Hall–Kier alpha value is -0.370. The summed E-state index contributed by atoms with van der Waals surface area (Å²) in [6, 6.07) is 0. The van der Waals surface area contributed by atoms with Gasteiger partial charge in [0.05, 0.1) is 4.32 Å². The highest BCUT2D eigenvalue weighted by Crippen LogP contribution is 2.29. The van der Waals surface area contributed by atoms with E-state index in [0.717, 1.165) is 13.0 Å². The summed E-state index contributed by atoms with van der Waals surface area (Å²) >= 11 is 3.74. The Morgan fingerprint density at radius 1 is 1.50 bits per heavy atom. The number of hydrogen-bond donors (Lipinski definition) is 0. The molecule has 1 atom stereocenters. The molecule has 78 valence electrons. The van der Waals surface area contributed by atoms with Gasteiger partial charge in [0.25, 0.3) is 0 Å².